The van der Waals surface area contributed by atoms with Crippen molar-refractivity contribution in [3.63, 3.8) is 0 Å². The molecule has 1 aliphatic carbocycles. The van der Waals surface area contributed by atoms with E-state index >= 15 is 0 Å². The molecule has 0 aromatic heterocycles. The van der Waals surface area contributed by atoms with E-state index in [0.717, 1.165) is 30.7 Å². The highest BCUT2D eigenvalue weighted by Crippen LogP contribution is 2.42. The summed E-state index contributed by atoms with van der Waals surface area (Å²) in [5.74, 6) is 0.408. The molecule has 0 spiro atoms. The van der Waals surface area contributed by atoms with E-state index in [1.165, 1.54) is 5.56 Å². The molecule has 2 aliphatic rings. The fraction of sp³-hybridized carbons (Fsp3) is 0.632. The number of amides is 1. The molecule has 1 aliphatic heterocycles. The van der Waals surface area contributed by atoms with Gasteiger partial charge in [-0.15, -0.1) is 0 Å². The molecule has 2 N–H and O–H groups in total. The first-order valence-corrected chi connectivity index (χ1v) is 9.26. The van der Waals surface area contributed by atoms with Gasteiger partial charge in [-0.25, -0.2) is 4.79 Å². The summed E-state index contributed by atoms with van der Waals surface area (Å²) in [6, 6.07) is 8.50. The van der Waals surface area contributed by atoms with Crippen molar-refractivity contribution in [1.82, 2.24) is 4.90 Å². The number of nitrogens with zero attached hydrogens (tertiary/aromatic N) is 1. The van der Waals surface area contributed by atoms with Crippen LogP contribution in [-0.4, -0.2) is 36.2 Å². The second-order valence-corrected chi connectivity index (χ2v) is 7.96. The van der Waals surface area contributed by atoms with Crippen LogP contribution in [0, 0.1) is 5.92 Å². The number of rotatable bonds is 4. The summed E-state index contributed by atoms with van der Waals surface area (Å²) in [6.07, 6.45) is 3.72. The number of cyclic esters (lactones) is 1. The smallest absolute Gasteiger partial charge is 0.410 e. The first-order valence-electron chi connectivity index (χ1n) is 8.88. The maximum absolute atomic E-state index is 12.2. The molecule has 1 atom stereocenters. The highest BCUT2D eigenvalue weighted by Gasteiger charge is 2.44. The Hall–Kier alpha value is -1.26. The van der Waals surface area contributed by atoms with Gasteiger partial charge in [0.1, 0.15) is 6.61 Å². The Morgan fingerprint density at radius 3 is 2.67 bits per heavy atom. The lowest BCUT2D eigenvalue weighted by molar-refractivity contribution is 0.108. The zero-order chi connectivity index (χ0) is 17.3. The maximum Gasteiger partial charge on any atom is 0.410 e. The fourth-order valence-electron chi connectivity index (χ4n) is 4.24. The van der Waals surface area contributed by atoms with Crippen LogP contribution >= 0.6 is 11.6 Å². The van der Waals surface area contributed by atoms with Gasteiger partial charge in [-0.2, -0.15) is 0 Å². The summed E-state index contributed by atoms with van der Waals surface area (Å²) in [7, 11) is 0. The third-order valence-electron chi connectivity index (χ3n) is 5.85. The maximum atomic E-state index is 12.2. The van der Waals surface area contributed by atoms with E-state index in [-0.39, 0.29) is 23.6 Å². The van der Waals surface area contributed by atoms with E-state index in [1.54, 1.807) is 0 Å². The average Bonchev–Trinajstić information content (AvgIpc) is 2.97. The van der Waals surface area contributed by atoms with E-state index in [9.17, 15) is 4.79 Å². The second-order valence-electron chi connectivity index (χ2n) is 7.52. The van der Waals surface area contributed by atoms with Crippen molar-refractivity contribution in [2.45, 2.75) is 57.0 Å². The van der Waals surface area contributed by atoms with Crippen molar-refractivity contribution in [3.8, 4) is 0 Å². The number of halogens is 1. The summed E-state index contributed by atoms with van der Waals surface area (Å²) >= 11 is 6.18. The number of ether oxygens (including phenoxy) is 1. The molecule has 2 fully saturated rings. The Kier molecular flexibility index (Phi) is 5.07. The summed E-state index contributed by atoms with van der Waals surface area (Å²) in [5.41, 5.74) is 7.37. The van der Waals surface area contributed by atoms with Gasteiger partial charge in [0.2, 0.25) is 0 Å². The zero-order valence-corrected chi connectivity index (χ0v) is 15.3. The van der Waals surface area contributed by atoms with E-state index in [4.69, 9.17) is 22.1 Å². The van der Waals surface area contributed by atoms with Gasteiger partial charge >= 0.3 is 6.09 Å². The van der Waals surface area contributed by atoms with Gasteiger partial charge in [-0.05, 0) is 49.3 Å². The lowest BCUT2D eigenvalue weighted by atomic mass is 9.68. The monoisotopic (exact) mass is 350 g/mol. The normalized spacial score (nSPS) is 30.7. The average molecular weight is 351 g/mol. The summed E-state index contributed by atoms with van der Waals surface area (Å²) < 4.78 is 5.32. The van der Waals surface area contributed by atoms with Gasteiger partial charge in [0.05, 0.1) is 6.04 Å². The molecule has 1 amide bonds. The summed E-state index contributed by atoms with van der Waals surface area (Å²) in [5, 5.41) is 0.755. The number of carbonyl (C=O) groups is 1. The Labute approximate surface area is 149 Å². The molecule has 0 radical (unpaired) electrons. The molecule has 3 rings (SSSR count). The van der Waals surface area contributed by atoms with E-state index in [2.05, 4.69) is 19.9 Å². The second kappa shape index (κ2) is 6.93. The number of nitrogens with two attached hydrogens (primary N) is 1. The predicted octanol–water partition coefficient (Wildman–Crippen LogP) is 3.96. The van der Waals surface area contributed by atoms with E-state index in [1.807, 2.05) is 23.1 Å². The van der Waals surface area contributed by atoms with Gasteiger partial charge in [-0.1, -0.05) is 37.6 Å². The minimum absolute atomic E-state index is 0.0294. The van der Waals surface area contributed by atoms with Crippen LogP contribution in [0.5, 0.6) is 0 Å². The molecule has 1 heterocycles. The molecule has 1 saturated carbocycles. The van der Waals surface area contributed by atoms with Crippen LogP contribution in [-0.2, 0) is 10.2 Å². The zero-order valence-electron chi connectivity index (χ0n) is 14.5. The molecule has 1 aromatic carbocycles. The number of carbonyl (C=O) groups excluding carboxylic acids is 1. The van der Waals surface area contributed by atoms with Crippen molar-refractivity contribution in [2.24, 2.45) is 11.7 Å². The minimum atomic E-state index is -0.151. The molecular weight excluding hydrogens is 324 g/mol. The van der Waals surface area contributed by atoms with Crippen molar-refractivity contribution in [1.29, 1.82) is 0 Å². The minimum Gasteiger partial charge on any atom is -0.447 e. The molecule has 0 bridgehead atoms. The quantitative estimate of drug-likeness (QED) is 0.894. The molecule has 4 nitrogen and oxygen atoms in total. The highest BCUT2D eigenvalue weighted by molar-refractivity contribution is 6.30. The number of hydrogen-bond acceptors (Lipinski definition) is 3. The molecular formula is C19H27ClN2O2. The van der Waals surface area contributed by atoms with E-state index in [0.29, 0.717) is 19.1 Å². The molecule has 1 saturated heterocycles. The van der Waals surface area contributed by atoms with Crippen LogP contribution in [0.1, 0.15) is 45.1 Å². The largest absolute Gasteiger partial charge is 0.447 e. The van der Waals surface area contributed by atoms with Crippen LogP contribution in [0.3, 0.4) is 0 Å². The Morgan fingerprint density at radius 2 is 2.08 bits per heavy atom. The molecule has 1 aromatic rings. The van der Waals surface area contributed by atoms with E-state index < -0.39 is 0 Å². The van der Waals surface area contributed by atoms with Crippen molar-refractivity contribution >= 4 is 17.7 Å². The van der Waals surface area contributed by atoms with Crippen LogP contribution in [0.15, 0.2) is 24.3 Å². The standard InChI is InChI=1S/C19H27ClN2O2/c1-13(2)17-11-24-18(23)22(17)16-6-8-19(12-21,9-7-16)14-4-3-5-15(20)10-14/h3-5,10,13,16-17H,6-9,11-12,21H2,1-2H3/t16?,17-,19?/m0/s1. The van der Waals surface area contributed by atoms with Gasteiger partial charge in [0.15, 0.2) is 0 Å². The lowest BCUT2D eigenvalue weighted by Crippen LogP contribution is -2.49. The number of benzene rings is 1. The van der Waals surface area contributed by atoms with Gasteiger partial charge < -0.3 is 10.5 Å². The lowest BCUT2D eigenvalue weighted by Gasteiger charge is -2.43. The third-order valence-corrected chi connectivity index (χ3v) is 6.08. The van der Waals surface area contributed by atoms with Crippen LogP contribution in [0.25, 0.3) is 0 Å². The Bertz CT molecular complexity index is 597. The molecule has 5 heteroatoms. The molecule has 132 valence electrons. The van der Waals surface area contributed by atoms with Crippen LogP contribution in [0.2, 0.25) is 5.02 Å². The first kappa shape index (κ1) is 17.6. The fourth-order valence-corrected chi connectivity index (χ4v) is 4.43. The Balaban J connectivity index is 1.75. The first-order chi connectivity index (χ1) is 11.5. The topological polar surface area (TPSA) is 55.6 Å². The van der Waals surface area contributed by atoms with Gasteiger partial charge in [-0.3, -0.25) is 4.90 Å². The van der Waals surface area contributed by atoms with Crippen molar-refractivity contribution in [3.05, 3.63) is 34.9 Å². The third kappa shape index (κ3) is 3.14. The van der Waals surface area contributed by atoms with Crippen LogP contribution in [0.4, 0.5) is 4.79 Å². The van der Waals surface area contributed by atoms with Gasteiger partial charge in [0, 0.05) is 23.0 Å². The van der Waals surface area contributed by atoms with Crippen molar-refractivity contribution < 1.29 is 9.53 Å². The number of hydrogen-bond donors (Lipinski definition) is 1. The van der Waals surface area contributed by atoms with Gasteiger partial charge in [0.25, 0.3) is 0 Å². The Morgan fingerprint density at radius 1 is 1.38 bits per heavy atom. The molecule has 24 heavy (non-hydrogen) atoms. The predicted molar refractivity (Wildman–Crippen MR) is 96.3 cm³/mol. The summed E-state index contributed by atoms with van der Waals surface area (Å²) in [6.45, 7) is 5.43. The molecule has 0 unspecified atom stereocenters. The summed E-state index contributed by atoms with van der Waals surface area (Å²) in [4.78, 5) is 14.2. The SMILES string of the molecule is CC(C)[C@@H]1COC(=O)N1C1CCC(CN)(c2cccc(Cl)c2)CC1. The van der Waals surface area contributed by atoms with Crippen LogP contribution < -0.4 is 5.73 Å². The van der Waals surface area contributed by atoms with Crippen molar-refractivity contribution in [2.75, 3.05) is 13.2 Å². The highest BCUT2D eigenvalue weighted by atomic mass is 35.5.